The number of nitrogens with zero attached hydrogens (tertiary/aromatic N) is 1. The molecule has 168 valence electrons. The number of carbonyl (C=O) groups excluding carboxylic acids is 3. The fourth-order valence-corrected chi connectivity index (χ4v) is 2.96. The number of Topliss-reactive ketones (excluding diaryl/α,β-unsaturated/α-hetero) is 1. The van der Waals surface area contributed by atoms with Gasteiger partial charge in [-0.05, 0) is 51.3 Å². The summed E-state index contributed by atoms with van der Waals surface area (Å²) in [6, 6.07) is 4.24. The molecule has 31 heavy (non-hydrogen) atoms. The molecule has 1 aromatic heterocycles. The number of nitrogens with one attached hydrogen (secondary N) is 2. The lowest BCUT2D eigenvalue weighted by atomic mass is 10.0. The third-order valence-corrected chi connectivity index (χ3v) is 4.33. The van der Waals surface area contributed by atoms with Crippen molar-refractivity contribution < 1.29 is 23.5 Å². The Morgan fingerprint density at radius 1 is 1.19 bits per heavy atom. The maximum atomic E-state index is 13.0. The molecule has 2 rings (SSSR count). The van der Waals surface area contributed by atoms with Crippen molar-refractivity contribution in [1.29, 1.82) is 0 Å². The van der Waals surface area contributed by atoms with Crippen LogP contribution in [0.1, 0.15) is 64.7 Å². The van der Waals surface area contributed by atoms with Crippen LogP contribution in [0, 0.1) is 5.92 Å². The Bertz CT molecular complexity index is 914. The lowest BCUT2D eigenvalue weighted by Crippen LogP contribution is -2.46. The number of oxazole rings is 1. The Balaban J connectivity index is 2.27. The van der Waals surface area contributed by atoms with Crippen LogP contribution in [0.3, 0.4) is 0 Å². The Kier molecular flexibility index (Phi) is 7.96. The van der Waals surface area contributed by atoms with Crippen molar-refractivity contribution in [3.63, 3.8) is 0 Å². The summed E-state index contributed by atoms with van der Waals surface area (Å²) in [6.45, 7) is 10.9. The predicted molar refractivity (Wildman–Crippen MR) is 118 cm³/mol. The molecule has 0 bridgehead atoms. The fourth-order valence-electron chi connectivity index (χ4n) is 2.96. The number of carbonyl (C=O) groups is 3. The molecule has 0 aliphatic heterocycles. The molecule has 1 atom stereocenters. The van der Waals surface area contributed by atoms with E-state index in [1.807, 2.05) is 13.8 Å². The van der Waals surface area contributed by atoms with Gasteiger partial charge in [-0.3, -0.25) is 9.59 Å². The van der Waals surface area contributed by atoms with Crippen molar-refractivity contribution in [1.82, 2.24) is 10.3 Å². The molecule has 8 heteroatoms. The predicted octanol–water partition coefficient (Wildman–Crippen LogP) is 4.81. The van der Waals surface area contributed by atoms with Gasteiger partial charge in [0.2, 0.25) is 5.91 Å². The molecule has 2 amide bonds. The number of hydrogen-bond acceptors (Lipinski definition) is 6. The van der Waals surface area contributed by atoms with Crippen LogP contribution >= 0.6 is 0 Å². The smallest absolute Gasteiger partial charge is 0.408 e. The second-order valence-electron chi connectivity index (χ2n) is 8.72. The number of rotatable bonds is 8. The van der Waals surface area contributed by atoms with Crippen molar-refractivity contribution >= 4 is 23.5 Å². The summed E-state index contributed by atoms with van der Waals surface area (Å²) >= 11 is 0. The van der Waals surface area contributed by atoms with Crippen molar-refractivity contribution in [3.8, 4) is 11.3 Å². The maximum Gasteiger partial charge on any atom is 0.408 e. The Morgan fingerprint density at radius 2 is 1.90 bits per heavy atom. The van der Waals surface area contributed by atoms with Gasteiger partial charge >= 0.3 is 6.09 Å². The standard InChI is InChI=1S/C23H31N3O5/c1-7-19(27)16-11-15(20-12-24-13-30-20)8-9-17(16)25-21(28)18(10-14(2)3)26-22(29)31-23(4,5)6/h8-9,11-14,18H,7,10H2,1-6H3,(H,25,28)(H,26,29). The average Bonchev–Trinajstić information content (AvgIpc) is 3.20. The first-order chi connectivity index (χ1) is 14.5. The van der Waals surface area contributed by atoms with Crippen LogP contribution in [0.25, 0.3) is 11.3 Å². The van der Waals surface area contributed by atoms with Crippen LogP contribution in [-0.4, -0.2) is 34.4 Å². The first-order valence-corrected chi connectivity index (χ1v) is 10.4. The molecule has 8 nitrogen and oxygen atoms in total. The Hall–Kier alpha value is -3.16. The third kappa shape index (κ3) is 7.24. The monoisotopic (exact) mass is 429 g/mol. The maximum absolute atomic E-state index is 13.0. The summed E-state index contributed by atoms with van der Waals surface area (Å²) in [4.78, 5) is 41.7. The molecule has 2 aromatic rings. The van der Waals surface area contributed by atoms with Crippen molar-refractivity contribution in [2.75, 3.05) is 5.32 Å². The first kappa shape index (κ1) is 24.1. The van der Waals surface area contributed by atoms with E-state index in [-0.39, 0.29) is 18.1 Å². The minimum absolute atomic E-state index is 0.128. The quantitative estimate of drug-likeness (QED) is 0.583. The second-order valence-corrected chi connectivity index (χ2v) is 8.72. The van der Waals surface area contributed by atoms with Crippen LogP contribution in [0.15, 0.2) is 35.2 Å². The summed E-state index contributed by atoms with van der Waals surface area (Å²) < 4.78 is 10.6. The zero-order valence-corrected chi connectivity index (χ0v) is 18.9. The molecule has 0 saturated carbocycles. The summed E-state index contributed by atoms with van der Waals surface area (Å²) in [6.07, 6.45) is 2.88. The number of alkyl carbamates (subject to hydrolysis) is 1. The van der Waals surface area contributed by atoms with E-state index in [2.05, 4.69) is 15.6 Å². The van der Waals surface area contributed by atoms with E-state index >= 15 is 0 Å². The number of aromatic nitrogens is 1. The second kappa shape index (κ2) is 10.2. The number of hydrogen-bond donors (Lipinski definition) is 2. The first-order valence-electron chi connectivity index (χ1n) is 10.4. The van der Waals surface area contributed by atoms with Crippen molar-refractivity contribution in [2.45, 2.75) is 66.0 Å². The molecular weight excluding hydrogens is 398 g/mol. The van der Waals surface area contributed by atoms with Gasteiger partial charge in [0.15, 0.2) is 17.9 Å². The summed E-state index contributed by atoms with van der Waals surface area (Å²) in [5.74, 6) is 0.123. The minimum Gasteiger partial charge on any atom is -0.444 e. The Morgan fingerprint density at radius 3 is 2.45 bits per heavy atom. The number of amides is 2. The zero-order valence-electron chi connectivity index (χ0n) is 18.9. The number of ketones is 1. The van der Waals surface area contributed by atoms with E-state index in [9.17, 15) is 14.4 Å². The Labute approximate surface area is 182 Å². The SMILES string of the molecule is CCC(=O)c1cc(-c2cnco2)ccc1NC(=O)C(CC(C)C)NC(=O)OC(C)(C)C. The molecule has 0 spiro atoms. The lowest BCUT2D eigenvalue weighted by Gasteiger charge is -2.24. The van der Waals surface area contributed by atoms with Gasteiger partial charge in [-0.1, -0.05) is 20.8 Å². The van der Waals surface area contributed by atoms with E-state index < -0.39 is 23.6 Å². The largest absolute Gasteiger partial charge is 0.444 e. The van der Waals surface area contributed by atoms with Gasteiger partial charge in [0.05, 0.1) is 11.9 Å². The lowest BCUT2D eigenvalue weighted by molar-refractivity contribution is -0.118. The molecule has 0 saturated heterocycles. The van der Waals surface area contributed by atoms with E-state index in [0.29, 0.717) is 29.0 Å². The molecule has 0 aliphatic rings. The van der Waals surface area contributed by atoms with Crippen LogP contribution in [0.4, 0.5) is 10.5 Å². The molecule has 2 N–H and O–H groups in total. The number of ether oxygens (including phenoxy) is 1. The highest BCUT2D eigenvalue weighted by Gasteiger charge is 2.26. The van der Waals surface area contributed by atoms with Crippen LogP contribution < -0.4 is 10.6 Å². The van der Waals surface area contributed by atoms with Crippen LogP contribution in [-0.2, 0) is 9.53 Å². The van der Waals surface area contributed by atoms with E-state index in [1.54, 1.807) is 52.1 Å². The molecule has 0 fully saturated rings. The van der Waals surface area contributed by atoms with Gasteiger partial charge in [-0.15, -0.1) is 0 Å². The number of anilines is 1. The molecule has 0 radical (unpaired) electrons. The highest BCUT2D eigenvalue weighted by atomic mass is 16.6. The van der Waals surface area contributed by atoms with Gasteiger partial charge < -0.3 is 19.8 Å². The van der Waals surface area contributed by atoms with Crippen molar-refractivity contribution in [2.24, 2.45) is 5.92 Å². The normalized spacial score (nSPS) is 12.4. The van der Waals surface area contributed by atoms with E-state index in [4.69, 9.17) is 9.15 Å². The molecular formula is C23H31N3O5. The average molecular weight is 430 g/mol. The van der Waals surface area contributed by atoms with Gasteiger partial charge in [-0.25, -0.2) is 9.78 Å². The highest BCUT2D eigenvalue weighted by molar-refractivity contribution is 6.06. The van der Waals surface area contributed by atoms with Crippen LogP contribution in [0.2, 0.25) is 0 Å². The topological polar surface area (TPSA) is 111 Å². The molecule has 0 aliphatic carbocycles. The highest BCUT2D eigenvalue weighted by Crippen LogP contribution is 2.26. The molecule has 1 unspecified atom stereocenters. The fraction of sp³-hybridized carbons (Fsp3) is 0.478. The summed E-state index contributed by atoms with van der Waals surface area (Å²) in [5.41, 5.74) is 0.739. The number of benzene rings is 1. The van der Waals surface area contributed by atoms with E-state index in [1.165, 1.54) is 6.39 Å². The molecule has 1 aromatic carbocycles. The van der Waals surface area contributed by atoms with Crippen molar-refractivity contribution in [3.05, 3.63) is 36.4 Å². The summed E-state index contributed by atoms with van der Waals surface area (Å²) in [5, 5.41) is 5.44. The van der Waals surface area contributed by atoms with Gasteiger partial charge in [0.25, 0.3) is 0 Å². The minimum atomic E-state index is -0.812. The summed E-state index contributed by atoms with van der Waals surface area (Å²) in [7, 11) is 0. The van der Waals surface area contributed by atoms with E-state index in [0.717, 1.165) is 0 Å². The van der Waals surface area contributed by atoms with Crippen LogP contribution in [0.5, 0.6) is 0 Å². The van der Waals surface area contributed by atoms with Gasteiger partial charge in [0, 0.05) is 17.5 Å². The van der Waals surface area contributed by atoms with Gasteiger partial charge in [0.1, 0.15) is 11.6 Å². The zero-order chi connectivity index (χ0) is 23.2. The van der Waals surface area contributed by atoms with Gasteiger partial charge in [-0.2, -0.15) is 0 Å². The third-order valence-electron chi connectivity index (χ3n) is 4.33. The molecule has 1 heterocycles.